The number of fused-ring (bicyclic) bond motifs is 1. The lowest BCUT2D eigenvalue weighted by molar-refractivity contribution is -0.122. The summed E-state index contributed by atoms with van der Waals surface area (Å²) in [5, 5.41) is 5.62. The van der Waals surface area contributed by atoms with Gasteiger partial charge in [0.25, 0.3) is 5.91 Å². The number of carbonyl (C=O) groups is 2. The van der Waals surface area contributed by atoms with Crippen LogP contribution < -0.4 is 15.4 Å². The lowest BCUT2D eigenvalue weighted by atomic mass is 10.1. The molecule has 1 unspecified atom stereocenters. The van der Waals surface area contributed by atoms with Crippen LogP contribution >= 0.6 is 0 Å². The second-order valence-corrected chi connectivity index (χ2v) is 5.99. The molecule has 6 heteroatoms. The third kappa shape index (κ3) is 4.35. The Morgan fingerprint density at radius 3 is 2.88 bits per heavy atom. The van der Waals surface area contributed by atoms with Gasteiger partial charge in [0.15, 0.2) is 6.10 Å². The van der Waals surface area contributed by atoms with Gasteiger partial charge in [0.05, 0.1) is 12.1 Å². The maximum absolute atomic E-state index is 13.1. The highest BCUT2D eigenvalue weighted by atomic mass is 19.1. The van der Waals surface area contributed by atoms with Crippen LogP contribution in [0.3, 0.4) is 0 Å². The van der Waals surface area contributed by atoms with Gasteiger partial charge in [-0.15, -0.1) is 0 Å². The zero-order chi connectivity index (χ0) is 17.8. The summed E-state index contributed by atoms with van der Waals surface area (Å²) < 4.78 is 18.6. The van der Waals surface area contributed by atoms with Gasteiger partial charge in [-0.2, -0.15) is 0 Å². The molecule has 2 N–H and O–H groups in total. The van der Waals surface area contributed by atoms with E-state index in [0.29, 0.717) is 30.0 Å². The summed E-state index contributed by atoms with van der Waals surface area (Å²) in [6.45, 7) is 2.15. The van der Waals surface area contributed by atoms with E-state index in [0.717, 1.165) is 5.56 Å². The number of benzene rings is 2. The molecule has 1 aliphatic rings. The quantitative estimate of drug-likeness (QED) is 0.877. The topological polar surface area (TPSA) is 67.4 Å². The van der Waals surface area contributed by atoms with Crippen LogP contribution in [0.25, 0.3) is 0 Å². The van der Waals surface area contributed by atoms with E-state index < -0.39 is 6.10 Å². The first kappa shape index (κ1) is 17.0. The third-order valence-electron chi connectivity index (χ3n) is 3.96. The zero-order valence-electron chi connectivity index (χ0n) is 13.8. The largest absolute Gasteiger partial charge is 0.479 e. The minimum Gasteiger partial charge on any atom is -0.479 e. The van der Waals surface area contributed by atoms with Gasteiger partial charge in [-0.1, -0.05) is 18.2 Å². The number of halogens is 1. The minimum absolute atomic E-state index is 0.143. The van der Waals surface area contributed by atoms with Crippen LogP contribution in [0.15, 0.2) is 42.5 Å². The molecule has 1 atom stereocenters. The first-order valence-electron chi connectivity index (χ1n) is 8.13. The molecular weight excluding hydrogens is 323 g/mol. The Bertz CT molecular complexity index is 807. The fourth-order valence-electron chi connectivity index (χ4n) is 2.65. The van der Waals surface area contributed by atoms with Crippen LogP contribution in [0.5, 0.6) is 5.75 Å². The number of carbonyl (C=O) groups excluding carboxylic acids is 2. The van der Waals surface area contributed by atoms with Crippen LogP contribution in [0.4, 0.5) is 10.1 Å². The normalized spacial score (nSPS) is 15.8. The molecule has 0 spiro atoms. The molecule has 1 heterocycles. The zero-order valence-corrected chi connectivity index (χ0v) is 13.8. The molecule has 0 aliphatic carbocycles. The molecule has 2 aromatic carbocycles. The molecule has 25 heavy (non-hydrogen) atoms. The van der Waals surface area contributed by atoms with E-state index in [4.69, 9.17) is 4.74 Å². The molecule has 0 fully saturated rings. The second kappa shape index (κ2) is 7.34. The summed E-state index contributed by atoms with van der Waals surface area (Å²) in [6.07, 6.45) is 0.262. The van der Waals surface area contributed by atoms with E-state index in [1.807, 2.05) is 18.2 Å². The van der Waals surface area contributed by atoms with Crippen LogP contribution in [0.2, 0.25) is 0 Å². The van der Waals surface area contributed by atoms with Crippen molar-refractivity contribution in [3.8, 4) is 5.75 Å². The molecule has 2 aromatic rings. The van der Waals surface area contributed by atoms with Gasteiger partial charge in [0, 0.05) is 6.54 Å². The smallest absolute Gasteiger partial charge is 0.265 e. The van der Waals surface area contributed by atoms with Crippen molar-refractivity contribution >= 4 is 17.5 Å². The molecular formula is C19H19FN2O3. The maximum atomic E-state index is 13.1. The average Bonchev–Trinajstić information content (AvgIpc) is 2.56. The van der Waals surface area contributed by atoms with Crippen molar-refractivity contribution in [2.75, 3.05) is 11.9 Å². The molecule has 0 saturated heterocycles. The molecule has 0 bridgehead atoms. The van der Waals surface area contributed by atoms with E-state index >= 15 is 0 Å². The molecule has 5 nitrogen and oxygen atoms in total. The van der Waals surface area contributed by atoms with E-state index in [1.165, 1.54) is 12.1 Å². The van der Waals surface area contributed by atoms with Crippen molar-refractivity contribution in [2.24, 2.45) is 0 Å². The molecule has 3 rings (SSSR count). The minimum atomic E-state index is -0.500. The monoisotopic (exact) mass is 342 g/mol. The van der Waals surface area contributed by atoms with Gasteiger partial charge in [-0.3, -0.25) is 9.59 Å². The number of hydrogen-bond acceptors (Lipinski definition) is 3. The van der Waals surface area contributed by atoms with Gasteiger partial charge in [-0.25, -0.2) is 4.39 Å². The van der Waals surface area contributed by atoms with Crippen molar-refractivity contribution in [3.05, 3.63) is 59.4 Å². The number of hydrogen-bond donors (Lipinski definition) is 2. The molecule has 0 aromatic heterocycles. The lowest BCUT2D eigenvalue weighted by Gasteiger charge is -2.23. The summed E-state index contributed by atoms with van der Waals surface area (Å²) in [5.74, 6) is -0.0361. The Hall–Kier alpha value is -2.89. The summed E-state index contributed by atoms with van der Waals surface area (Å²) in [5.41, 5.74) is 2.26. The van der Waals surface area contributed by atoms with Crippen molar-refractivity contribution in [2.45, 2.75) is 25.9 Å². The molecule has 0 radical (unpaired) electrons. The summed E-state index contributed by atoms with van der Waals surface area (Å²) >= 11 is 0. The van der Waals surface area contributed by atoms with E-state index in [2.05, 4.69) is 10.6 Å². The fraction of sp³-hybridized carbons (Fsp3) is 0.263. The summed E-state index contributed by atoms with van der Waals surface area (Å²) in [4.78, 5) is 23.6. The van der Waals surface area contributed by atoms with Gasteiger partial charge in [0.2, 0.25) is 5.91 Å². The maximum Gasteiger partial charge on any atom is 0.265 e. The predicted octanol–water partition coefficient (Wildman–Crippen LogP) is 2.45. The highest BCUT2D eigenvalue weighted by molar-refractivity contribution is 5.97. The van der Waals surface area contributed by atoms with Gasteiger partial charge in [0.1, 0.15) is 11.6 Å². The Kier molecular flexibility index (Phi) is 4.97. The third-order valence-corrected chi connectivity index (χ3v) is 3.96. The van der Waals surface area contributed by atoms with E-state index in [-0.39, 0.29) is 24.1 Å². The standard InChI is InChI=1S/C19H19FN2O3/c1-12-19(24)22-16-10-13(5-6-17(16)25-12)7-8-21-18(23)11-14-3-2-4-15(20)9-14/h2-6,9-10,12H,7-8,11H2,1H3,(H,21,23)(H,22,24). The van der Waals surface area contributed by atoms with Crippen LogP contribution in [-0.4, -0.2) is 24.5 Å². The SMILES string of the molecule is CC1Oc2ccc(CCNC(=O)Cc3cccc(F)c3)cc2NC1=O. The Morgan fingerprint density at radius 2 is 2.08 bits per heavy atom. The number of nitrogens with one attached hydrogen (secondary N) is 2. The number of amides is 2. The van der Waals surface area contributed by atoms with E-state index in [1.54, 1.807) is 19.1 Å². The van der Waals surface area contributed by atoms with Crippen LogP contribution in [0.1, 0.15) is 18.1 Å². The van der Waals surface area contributed by atoms with Gasteiger partial charge in [-0.05, 0) is 48.7 Å². The molecule has 0 saturated carbocycles. The molecule has 2 amide bonds. The first-order chi connectivity index (χ1) is 12.0. The van der Waals surface area contributed by atoms with Crippen molar-refractivity contribution < 1.29 is 18.7 Å². The first-order valence-corrected chi connectivity index (χ1v) is 8.13. The number of ether oxygens (including phenoxy) is 1. The second-order valence-electron chi connectivity index (χ2n) is 5.99. The van der Waals surface area contributed by atoms with Gasteiger partial charge < -0.3 is 15.4 Å². The van der Waals surface area contributed by atoms with Crippen LogP contribution in [-0.2, 0) is 22.4 Å². The average molecular weight is 342 g/mol. The fourth-order valence-corrected chi connectivity index (χ4v) is 2.65. The summed E-state index contributed by atoms with van der Waals surface area (Å²) in [6, 6.07) is 11.6. The lowest BCUT2D eigenvalue weighted by Crippen LogP contribution is -2.34. The van der Waals surface area contributed by atoms with E-state index in [9.17, 15) is 14.0 Å². The number of anilines is 1. The Morgan fingerprint density at radius 1 is 1.24 bits per heavy atom. The number of rotatable bonds is 5. The highest BCUT2D eigenvalue weighted by Crippen LogP contribution is 2.30. The summed E-state index contributed by atoms with van der Waals surface area (Å²) in [7, 11) is 0. The van der Waals surface area contributed by atoms with Crippen LogP contribution in [0, 0.1) is 5.82 Å². The Balaban J connectivity index is 1.51. The highest BCUT2D eigenvalue weighted by Gasteiger charge is 2.23. The van der Waals surface area contributed by atoms with Crippen molar-refractivity contribution in [1.82, 2.24) is 5.32 Å². The predicted molar refractivity (Wildman–Crippen MR) is 92.0 cm³/mol. The van der Waals surface area contributed by atoms with Crippen molar-refractivity contribution in [3.63, 3.8) is 0 Å². The van der Waals surface area contributed by atoms with Crippen molar-refractivity contribution in [1.29, 1.82) is 0 Å². The van der Waals surface area contributed by atoms with Gasteiger partial charge >= 0.3 is 0 Å². The molecule has 130 valence electrons. The molecule has 1 aliphatic heterocycles. The Labute approximate surface area is 145 Å².